The molecule has 0 spiro atoms. The van der Waals surface area contributed by atoms with Crippen LogP contribution in [0.1, 0.15) is 21.6 Å². The van der Waals surface area contributed by atoms with Crippen molar-refractivity contribution in [2.24, 2.45) is 7.05 Å². The molecule has 0 radical (unpaired) electrons. The van der Waals surface area contributed by atoms with E-state index in [9.17, 15) is 4.79 Å². The van der Waals surface area contributed by atoms with E-state index in [-0.39, 0.29) is 12.6 Å². The number of halogens is 1. The van der Waals surface area contributed by atoms with Crippen LogP contribution in [0.4, 0.5) is 5.69 Å². The van der Waals surface area contributed by atoms with Gasteiger partial charge >= 0.3 is 0 Å². The molecule has 0 bridgehead atoms. The highest BCUT2D eigenvalue weighted by molar-refractivity contribution is 14.1. The van der Waals surface area contributed by atoms with Gasteiger partial charge in [0, 0.05) is 13.2 Å². The third kappa shape index (κ3) is 4.19. The van der Waals surface area contributed by atoms with Gasteiger partial charge in [-0.05, 0) is 48.1 Å². The second-order valence-electron chi connectivity index (χ2n) is 5.76. The molecule has 2 aromatic heterocycles. The monoisotopic (exact) mass is 451 g/mol. The number of aromatic nitrogens is 4. The topological polar surface area (TPSA) is 74.0 Å². The van der Waals surface area contributed by atoms with E-state index < -0.39 is 0 Å². The molecular formula is C17H18IN5O2. The second kappa shape index (κ2) is 7.26. The number of carbonyl (C=O) groups is 1. The molecule has 1 amide bonds. The number of hydrogen-bond acceptors (Lipinski definition) is 4. The molecule has 0 aliphatic heterocycles. The molecule has 0 saturated carbocycles. The average Bonchev–Trinajstić information content (AvgIpc) is 3.12. The van der Waals surface area contributed by atoms with Crippen LogP contribution in [-0.4, -0.2) is 25.5 Å². The zero-order valence-electron chi connectivity index (χ0n) is 14.2. The van der Waals surface area contributed by atoms with Crippen molar-refractivity contribution in [2.45, 2.75) is 20.6 Å². The van der Waals surface area contributed by atoms with Gasteiger partial charge in [-0.3, -0.25) is 9.48 Å². The molecule has 8 heteroatoms. The minimum atomic E-state index is -0.264. The summed E-state index contributed by atoms with van der Waals surface area (Å²) in [4.78, 5) is 12.3. The lowest BCUT2D eigenvalue weighted by Crippen LogP contribution is -2.14. The van der Waals surface area contributed by atoms with Gasteiger partial charge in [-0.2, -0.15) is 10.2 Å². The van der Waals surface area contributed by atoms with Gasteiger partial charge in [-0.25, -0.2) is 4.68 Å². The molecule has 0 fully saturated rings. The number of hydrogen-bond donors (Lipinski definition) is 1. The molecular weight excluding hydrogens is 433 g/mol. The van der Waals surface area contributed by atoms with Crippen LogP contribution in [0.5, 0.6) is 5.75 Å². The fourth-order valence-corrected chi connectivity index (χ4v) is 3.16. The lowest BCUT2D eigenvalue weighted by Gasteiger charge is -2.09. The summed E-state index contributed by atoms with van der Waals surface area (Å²) in [5, 5.41) is 11.1. The van der Waals surface area contributed by atoms with Gasteiger partial charge in [0.15, 0.2) is 12.4 Å². The van der Waals surface area contributed by atoms with Crippen LogP contribution >= 0.6 is 22.6 Å². The van der Waals surface area contributed by atoms with Crippen LogP contribution in [0.2, 0.25) is 0 Å². The first-order valence-corrected chi connectivity index (χ1v) is 8.73. The number of nitrogens with zero attached hydrogens (tertiary/aromatic N) is 4. The minimum Gasteiger partial charge on any atom is -0.471 e. The van der Waals surface area contributed by atoms with Gasteiger partial charge in [0.1, 0.15) is 5.75 Å². The standard InChI is InChI=1S/C17H18IN5O2/c1-11-4-5-15(12(2)6-11)25-10-23-8-13(7-19-23)20-17(24)16-14(18)9-22(3)21-16/h4-9H,10H2,1-3H3,(H,20,24). The average molecular weight is 451 g/mol. The predicted octanol–water partition coefficient (Wildman–Crippen LogP) is 3.13. The summed E-state index contributed by atoms with van der Waals surface area (Å²) in [5.41, 5.74) is 3.25. The summed E-state index contributed by atoms with van der Waals surface area (Å²) in [6, 6.07) is 6.02. The fourth-order valence-electron chi connectivity index (χ4n) is 2.40. The Morgan fingerprint density at radius 1 is 1.32 bits per heavy atom. The molecule has 0 aliphatic rings. The number of ether oxygens (including phenoxy) is 1. The first kappa shape index (κ1) is 17.5. The van der Waals surface area contributed by atoms with Crippen LogP contribution in [0, 0.1) is 17.4 Å². The SMILES string of the molecule is Cc1ccc(OCn2cc(NC(=O)c3nn(C)cc3I)cn2)c(C)c1. The summed E-state index contributed by atoms with van der Waals surface area (Å²) in [6.07, 6.45) is 5.09. The van der Waals surface area contributed by atoms with E-state index in [1.54, 1.807) is 35.0 Å². The molecule has 0 atom stereocenters. The van der Waals surface area contributed by atoms with E-state index in [0.29, 0.717) is 11.4 Å². The Morgan fingerprint density at radius 2 is 2.12 bits per heavy atom. The third-order valence-corrected chi connectivity index (χ3v) is 4.36. The molecule has 0 unspecified atom stereocenters. The number of aryl methyl sites for hydroxylation is 3. The van der Waals surface area contributed by atoms with Crippen LogP contribution in [0.3, 0.4) is 0 Å². The highest BCUT2D eigenvalue weighted by Crippen LogP contribution is 2.19. The zero-order valence-corrected chi connectivity index (χ0v) is 16.3. The van der Waals surface area contributed by atoms with Crippen LogP contribution in [-0.2, 0) is 13.8 Å². The Kier molecular flexibility index (Phi) is 5.07. The molecule has 1 aromatic carbocycles. The van der Waals surface area contributed by atoms with Gasteiger partial charge in [0.2, 0.25) is 0 Å². The van der Waals surface area contributed by atoms with E-state index in [1.807, 2.05) is 26.0 Å². The number of benzene rings is 1. The van der Waals surface area contributed by atoms with Gasteiger partial charge in [0.25, 0.3) is 5.91 Å². The molecule has 130 valence electrons. The number of carbonyl (C=O) groups excluding carboxylic acids is 1. The fraction of sp³-hybridized carbons (Fsp3) is 0.235. The smallest absolute Gasteiger partial charge is 0.277 e. The highest BCUT2D eigenvalue weighted by Gasteiger charge is 2.15. The molecule has 1 N–H and O–H groups in total. The van der Waals surface area contributed by atoms with Crippen molar-refractivity contribution in [3.63, 3.8) is 0 Å². The maximum absolute atomic E-state index is 12.3. The largest absolute Gasteiger partial charge is 0.471 e. The summed E-state index contributed by atoms with van der Waals surface area (Å²) in [5.74, 6) is 0.551. The Bertz CT molecular complexity index is 916. The minimum absolute atomic E-state index is 0.264. The summed E-state index contributed by atoms with van der Waals surface area (Å²) < 4.78 is 9.80. The van der Waals surface area contributed by atoms with Crippen molar-refractivity contribution in [3.05, 3.63) is 57.2 Å². The lowest BCUT2D eigenvalue weighted by molar-refractivity contribution is 0.102. The van der Waals surface area contributed by atoms with Gasteiger partial charge in [-0.1, -0.05) is 17.7 Å². The molecule has 7 nitrogen and oxygen atoms in total. The Morgan fingerprint density at radius 3 is 2.80 bits per heavy atom. The number of anilines is 1. The van der Waals surface area contributed by atoms with Crippen molar-refractivity contribution in [1.29, 1.82) is 0 Å². The van der Waals surface area contributed by atoms with Crippen LogP contribution < -0.4 is 10.1 Å². The van der Waals surface area contributed by atoms with Gasteiger partial charge in [0.05, 0.1) is 21.7 Å². The van der Waals surface area contributed by atoms with Crippen LogP contribution in [0.15, 0.2) is 36.8 Å². The number of nitrogens with one attached hydrogen (secondary N) is 1. The molecule has 25 heavy (non-hydrogen) atoms. The van der Waals surface area contributed by atoms with Crippen molar-refractivity contribution >= 4 is 34.2 Å². The maximum Gasteiger partial charge on any atom is 0.277 e. The quantitative estimate of drug-likeness (QED) is 0.606. The summed E-state index contributed by atoms with van der Waals surface area (Å²) in [7, 11) is 1.78. The van der Waals surface area contributed by atoms with E-state index in [0.717, 1.165) is 14.9 Å². The third-order valence-electron chi connectivity index (χ3n) is 3.57. The highest BCUT2D eigenvalue weighted by atomic mass is 127. The van der Waals surface area contributed by atoms with Gasteiger partial charge in [-0.15, -0.1) is 0 Å². The Hall–Kier alpha value is -2.36. The normalized spacial score (nSPS) is 10.7. The van der Waals surface area contributed by atoms with E-state index >= 15 is 0 Å². The van der Waals surface area contributed by atoms with Crippen molar-refractivity contribution in [2.75, 3.05) is 5.32 Å². The molecule has 3 rings (SSSR count). The lowest BCUT2D eigenvalue weighted by atomic mass is 10.1. The van der Waals surface area contributed by atoms with E-state index in [4.69, 9.17) is 4.74 Å². The molecule has 3 aromatic rings. The number of rotatable bonds is 5. The second-order valence-corrected chi connectivity index (χ2v) is 6.93. The first-order chi connectivity index (χ1) is 11.9. The van der Waals surface area contributed by atoms with Crippen molar-refractivity contribution in [3.8, 4) is 5.75 Å². The summed E-state index contributed by atoms with van der Waals surface area (Å²) >= 11 is 2.08. The van der Waals surface area contributed by atoms with Gasteiger partial charge < -0.3 is 10.1 Å². The molecule has 0 aliphatic carbocycles. The van der Waals surface area contributed by atoms with E-state index in [2.05, 4.69) is 44.2 Å². The Balaban J connectivity index is 1.62. The molecule has 0 saturated heterocycles. The number of amides is 1. The Labute approximate surface area is 159 Å². The first-order valence-electron chi connectivity index (χ1n) is 7.65. The van der Waals surface area contributed by atoms with Crippen LogP contribution in [0.25, 0.3) is 0 Å². The summed E-state index contributed by atoms with van der Waals surface area (Å²) in [6.45, 7) is 4.31. The maximum atomic E-state index is 12.3. The van der Waals surface area contributed by atoms with Crippen molar-refractivity contribution < 1.29 is 9.53 Å². The zero-order chi connectivity index (χ0) is 18.0. The van der Waals surface area contributed by atoms with E-state index in [1.165, 1.54) is 5.56 Å². The van der Waals surface area contributed by atoms with Crippen molar-refractivity contribution in [1.82, 2.24) is 19.6 Å². The predicted molar refractivity (Wildman–Crippen MR) is 103 cm³/mol. The molecule has 2 heterocycles.